The maximum Gasteiger partial charge on any atom is 0.0931 e. The maximum atomic E-state index is 6.47. The van der Waals surface area contributed by atoms with Crippen LogP contribution in [0.15, 0.2) is 30.3 Å². The highest BCUT2D eigenvalue weighted by molar-refractivity contribution is 5.23. The van der Waals surface area contributed by atoms with Crippen LogP contribution in [0, 0.1) is 0 Å². The third-order valence-electron chi connectivity index (χ3n) is 4.85. The van der Waals surface area contributed by atoms with E-state index in [1.54, 1.807) is 0 Å². The minimum absolute atomic E-state index is 0.0111. The largest absolute Gasteiger partial charge is 0.370 e. The molecule has 0 amide bonds. The third-order valence-corrected chi connectivity index (χ3v) is 4.85. The molecule has 2 nitrogen and oxygen atoms in total. The fourth-order valence-electron chi connectivity index (χ4n) is 3.48. The molecule has 1 fully saturated rings. The zero-order valence-corrected chi connectivity index (χ0v) is 13.8. The van der Waals surface area contributed by atoms with Gasteiger partial charge in [-0.1, -0.05) is 63.4 Å². The van der Waals surface area contributed by atoms with Crippen LogP contribution < -0.4 is 0 Å². The number of ether oxygens (including phenoxy) is 1. The molecule has 1 aromatic rings. The molecule has 0 radical (unpaired) electrons. The summed E-state index contributed by atoms with van der Waals surface area (Å²) in [5.74, 6) is 0. The Kier molecular flexibility index (Phi) is 6.72. The molecule has 118 valence electrons. The first kappa shape index (κ1) is 16.5. The molecular formula is C19H31NO. The summed E-state index contributed by atoms with van der Waals surface area (Å²) in [5, 5.41) is 0. The van der Waals surface area contributed by atoms with Gasteiger partial charge in [-0.15, -0.1) is 0 Å². The van der Waals surface area contributed by atoms with Crippen molar-refractivity contribution >= 4 is 0 Å². The Morgan fingerprint density at radius 1 is 1.00 bits per heavy atom. The van der Waals surface area contributed by atoms with Gasteiger partial charge in [0.05, 0.1) is 5.60 Å². The van der Waals surface area contributed by atoms with Gasteiger partial charge >= 0.3 is 0 Å². The van der Waals surface area contributed by atoms with E-state index < -0.39 is 0 Å². The molecule has 1 aliphatic carbocycles. The minimum atomic E-state index is -0.0111. The van der Waals surface area contributed by atoms with Crippen molar-refractivity contribution in [2.24, 2.45) is 0 Å². The van der Waals surface area contributed by atoms with Crippen molar-refractivity contribution in [3.63, 3.8) is 0 Å². The standard InChI is InChI=1S/C19H31NO/c1-3-20(4-2)16-11-17-21-19(14-9-6-10-15-19)18-12-7-5-8-13-18/h5,7-8,12-13H,3-4,6,9-11,14-17H2,1-2H3. The number of rotatable bonds is 8. The summed E-state index contributed by atoms with van der Waals surface area (Å²) < 4.78 is 6.47. The van der Waals surface area contributed by atoms with E-state index in [4.69, 9.17) is 4.74 Å². The molecule has 1 aromatic carbocycles. The van der Waals surface area contributed by atoms with Crippen LogP contribution in [0.1, 0.15) is 57.9 Å². The molecule has 21 heavy (non-hydrogen) atoms. The Bertz CT molecular complexity index is 380. The molecule has 2 heteroatoms. The van der Waals surface area contributed by atoms with Gasteiger partial charge in [-0.3, -0.25) is 0 Å². The molecule has 0 saturated heterocycles. The van der Waals surface area contributed by atoms with Crippen molar-refractivity contribution in [2.45, 2.75) is 58.0 Å². The Morgan fingerprint density at radius 3 is 2.29 bits per heavy atom. The van der Waals surface area contributed by atoms with Gasteiger partial charge in [-0.05, 0) is 37.9 Å². The number of hydrogen-bond donors (Lipinski definition) is 0. The second-order valence-corrected chi connectivity index (χ2v) is 6.15. The summed E-state index contributed by atoms with van der Waals surface area (Å²) in [4.78, 5) is 2.47. The molecule has 0 N–H and O–H groups in total. The van der Waals surface area contributed by atoms with Crippen molar-refractivity contribution in [1.29, 1.82) is 0 Å². The van der Waals surface area contributed by atoms with E-state index in [2.05, 4.69) is 49.1 Å². The van der Waals surface area contributed by atoms with E-state index in [0.29, 0.717) is 0 Å². The summed E-state index contributed by atoms with van der Waals surface area (Å²) in [5.41, 5.74) is 1.37. The summed E-state index contributed by atoms with van der Waals surface area (Å²) in [6.45, 7) is 8.78. The van der Waals surface area contributed by atoms with E-state index in [-0.39, 0.29) is 5.60 Å². The first-order valence-electron chi connectivity index (χ1n) is 8.72. The lowest BCUT2D eigenvalue weighted by molar-refractivity contribution is -0.0781. The van der Waals surface area contributed by atoms with Gasteiger partial charge in [0.2, 0.25) is 0 Å². The Labute approximate surface area is 130 Å². The molecule has 0 bridgehead atoms. The van der Waals surface area contributed by atoms with Crippen LogP contribution >= 0.6 is 0 Å². The smallest absolute Gasteiger partial charge is 0.0931 e. The van der Waals surface area contributed by atoms with Crippen molar-refractivity contribution in [1.82, 2.24) is 4.90 Å². The average Bonchev–Trinajstić information content (AvgIpc) is 2.57. The number of hydrogen-bond acceptors (Lipinski definition) is 2. The minimum Gasteiger partial charge on any atom is -0.370 e. The Hall–Kier alpha value is -0.860. The summed E-state index contributed by atoms with van der Waals surface area (Å²) in [7, 11) is 0. The molecule has 0 aliphatic heterocycles. The van der Waals surface area contributed by atoms with E-state index in [0.717, 1.165) is 32.7 Å². The van der Waals surface area contributed by atoms with Gasteiger partial charge in [0.25, 0.3) is 0 Å². The summed E-state index contributed by atoms with van der Waals surface area (Å²) in [6.07, 6.45) is 7.45. The molecule has 1 aliphatic rings. The molecule has 0 unspecified atom stereocenters. The molecule has 0 spiro atoms. The zero-order valence-electron chi connectivity index (χ0n) is 13.8. The van der Waals surface area contributed by atoms with Crippen molar-refractivity contribution < 1.29 is 4.74 Å². The predicted octanol–water partition coefficient (Wildman–Crippen LogP) is 4.59. The van der Waals surface area contributed by atoms with Gasteiger partial charge in [-0.25, -0.2) is 0 Å². The van der Waals surface area contributed by atoms with Crippen molar-refractivity contribution in [3.05, 3.63) is 35.9 Å². The van der Waals surface area contributed by atoms with E-state index in [1.165, 1.54) is 37.7 Å². The quantitative estimate of drug-likeness (QED) is 0.649. The maximum absolute atomic E-state index is 6.47. The van der Waals surface area contributed by atoms with E-state index in [9.17, 15) is 0 Å². The van der Waals surface area contributed by atoms with Crippen LogP contribution in [0.25, 0.3) is 0 Å². The zero-order chi connectivity index (χ0) is 15.0. The van der Waals surface area contributed by atoms with Crippen molar-refractivity contribution in [3.8, 4) is 0 Å². The van der Waals surface area contributed by atoms with Gasteiger partial charge < -0.3 is 9.64 Å². The normalized spacial score (nSPS) is 18.0. The van der Waals surface area contributed by atoms with Gasteiger partial charge in [0.1, 0.15) is 0 Å². The third kappa shape index (κ3) is 4.55. The highest BCUT2D eigenvalue weighted by Crippen LogP contribution is 2.40. The van der Waals surface area contributed by atoms with Crippen LogP contribution in [0.5, 0.6) is 0 Å². The highest BCUT2D eigenvalue weighted by atomic mass is 16.5. The molecule has 0 aromatic heterocycles. The average molecular weight is 289 g/mol. The Balaban J connectivity index is 1.92. The first-order valence-corrected chi connectivity index (χ1v) is 8.72. The summed E-state index contributed by atoms with van der Waals surface area (Å²) >= 11 is 0. The Morgan fingerprint density at radius 2 is 1.67 bits per heavy atom. The molecule has 0 atom stereocenters. The van der Waals surface area contributed by atoms with Crippen LogP contribution in [-0.4, -0.2) is 31.1 Å². The highest BCUT2D eigenvalue weighted by Gasteiger charge is 2.34. The fraction of sp³-hybridized carbons (Fsp3) is 0.684. The summed E-state index contributed by atoms with van der Waals surface area (Å²) in [6, 6.07) is 10.9. The lowest BCUT2D eigenvalue weighted by atomic mass is 9.79. The van der Waals surface area contributed by atoms with Crippen LogP contribution in [0.2, 0.25) is 0 Å². The fourth-order valence-corrected chi connectivity index (χ4v) is 3.48. The molecule has 0 heterocycles. The predicted molar refractivity (Wildman–Crippen MR) is 89.6 cm³/mol. The lowest BCUT2D eigenvalue weighted by Crippen LogP contribution is -2.33. The van der Waals surface area contributed by atoms with Gasteiger partial charge in [0.15, 0.2) is 0 Å². The molecular weight excluding hydrogens is 258 g/mol. The van der Waals surface area contributed by atoms with Gasteiger partial charge in [-0.2, -0.15) is 0 Å². The monoisotopic (exact) mass is 289 g/mol. The first-order chi connectivity index (χ1) is 10.3. The van der Waals surface area contributed by atoms with Crippen LogP contribution in [0.4, 0.5) is 0 Å². The van der Waals surface area contributed by atoms with Crippen LogP contribution in [0.3, 0.4) is 0 Å². The van der Waals surface area contributed by atoms with Crippen LogP contribution in [-0.2, 0) is 10.3 Å². The van der Waals surface area contributed by atoms with Crippen molar-refractivity contribution in [2.75, 3.05) is 26.2 Å². The van der Waals surface area contributed by atoms with E-state index in [1.807, 2.05) is 0 Å². The SMILES string of the molecule is CCN(CC)CCCOC1(c2ccccc2)CCCCC1. The molecule has 2 rings (SSSR count). The topological polar surface area (TPSA) is 12.5 Å². The number of benzene rings is 1. The number of nitrogens with zero attached hydrogens (tertiary/aromatic N) is 1. The second kappa shape index (κ2) is 8.55. The van der Waals surface area contributed by atoms with Gasteiger partial charge in [0, 0.05) is 13.2 Å². The van der Waals surface area contributed by atoms with E-state index >= 15 is 0 Å². The second-order valence-electron chi connectivity index (χ2n) is 6.15. The lowest BCUT2D eigenvalue weighted by Gasteiger charge is -2.38. The molecule has 1 saturated carbocycles.